The van der Waals surface area contributed by atoms with Crippen molar-refractivity contribution < 1.29 is 9.18 Å². The molecule has 6 nitrogen and oxygen atoms in total. The molecule has 38 heavy (non-hydrogen) atoms. The van der Waals surface area contributed by atoms with Crippen LogP contribution in [0.1, 0.15) is 65.5 Å². The lowest BCUT2D eigenvalue weighted by atomic mass is 9.93. The van der Waals surface area contributed by atoms with Gasteiger partial charge in [-0.15, -0.1) is 0 Å². The summed E-state index contributed by atoms with van der Waals surface area (Å²) in [7, 11) is 0. The molecule has 2 aromatic heterocycles. The van der Waals surface area contributed by atoms with Crippen molar-refractivity contribution in [3.63, 3.8) is 0 Å². The summed E-state index contributed by atoms with van der Waals surface area (Å²) >= 11 is 0. The van der Waals surface area contributed by atoms with E-state index in [0.717, 1.165) is 50.2 Å². The van der Waals surface area contributed by atoms with E-state index >= 15 is 4.39 Å². The largest absolute Gasteiger partial charge is 0.367 e. The average Bonchev–Trinajstić information content (AvgIpc) is 3.53. The third-order valence-corrected chi connectivity index (χ3v) is 8.27. The molecule has 7 rings (SSSR count). The first-order valence-corrected chi connectivity index (χ1v) is 13.5. The van der Waals surface area contributed by atoms with Gasteiger partial charge in [0.1, 0.15) is 11.5 Å². The molecule has 0 radical (unpaired) electrons. The fourth-order valence-electron chi connectivity index (χ4n) is 5.96. The molecule has 3 aliphatic rings. The summed E-state index contributed by atoms with van der Waals surface area (Å²) in [4.78, 5) is 22.5. The van der Waals surface area contributed by atoms with Crippen molar-refractivity contribution in [2.24, 2.45) is 0 Å². The fourth-order valence-corrected chi connectivity index (χ4v) is 5.96. The minimum absolute atomic E-state index is 0.0179. The van der Waals surface area contributed by atoms with E-state index in [1.807, 2.05) is 23.1 Å². The third-order valence-electron chi connectivity index (χ3n) is 8.27. The zero-order valence-electron chi connectivity index (χ0n) is 21.5. The number of carbonyl (C=O) groups is 1. The van der Waals surface area contributed by atoms with Gasteiger partial charge in [0.25, 0.3) is 5.91 Å². The summed E-state index contributed by atoms with van der Waals surface area (Å²) in [6.07, 6.45) is 3.88. The van der Waals surface area contributed by atoms with E-state index < -0.39 is 0 Å². The van der Waals surface area contributed by atoms with Crippen molar-refractivity contribution in [2.45, 2.75) is 44.6 Å². The number of fused-ring (bicyclic) bond motifs is 2. The zero-order valence-corrected chi connectivity index (χ0v) is 21.5. The van der Waals surface area contributed by atoms with E-state index in [0.29, 0.717) is 35.1 Å². The summed E-state index contributed by atoms with van der Waals surface area (Å²) in [5.41, 5.74) is 7.47. The monoisotopic (exact) mass is 507 g/mol. The topological polar surface area (TPSA) is 53.7 Å². The summed E-state index contributed by atoms with van der Waals surface area (Å²) in [5.74, 6) is -0.0369. The van der Waals surface area contributed by atoms with Crippen LogP contribution in [0, 0.1) is 5.82 Å². The van der Waals surface area contributed by atoms with Crippen molar-refractivity contribution in [1.82, 2.24) is 19.5 Å². The molecule has 0 spiro atoms. The molecule has 0 bridgehead atoms. The maximum absolute atomic E-state index is 15.3. The van der Waals surface area contributed by atoms with Crippen molar-refractivity contribution in [3.05, 3.63) is 95.1 Å². The number of rotatable bonds is 4. The number of hydrogen-bond acceptors (Lipinski definition) is 4. The van der Waals surface area contributed by atoms with Gasteiger partial charge in [0.15, 0.2) is 5.65 Å². The van der Waals surface area contributed by atoms with Crippen molar-refractivity contribution in [2.75, 3.05) is 24.5 Å². The van der Waals surface area contributed by atoms with Crippen molar-refractivity contribution >= 4 is 17.2 Å². The van der Waals surface area contributed by atoms with Crippen LogP contribution < -0.4 is 4.90 Å². The van der Waals surface area contributed by atoms with Crippen LogP contribution >= 0.6 is 0 Å². The molecule has 7 heteroatoms. The number of aromatic nitrogens is 3. The standard InChI is InChI=1S/C31H30FN5O/c1-19-11-13-35(18-19)23-9-10-25(26(32)15-23)27-17-30-33-28(16-29(22-7-8-22)37(30)34-27)31(38)36-14-12-21-5-3-4-6-24(21)20(36)2/h3-6,9-10,15-17,20,22H,1,7-8,11-14,18H2,2H3/t20-/m1/s1. The van der Waals surface area contributed by atoms with Crippen LogP contribution in [0.25, 0.3) is 16.9 Å². The Bertz CT molecular complexity index is 1600. The minimum atomic E-state index is -0.312. The van der Waals surface area contributed by atoms with E-state index in [9.17, 15) is 4.79 Å². The second-order valence-corrected chi connectivity index (χ2v) is 10.8. The highest BCUT2D eigenvalue weighted by molar-refractivity contribution is 5.93. The molecule has 192 valence electrons. The summed E-state index contributed by atoms with van der Waals surface area (Å²) in [6, 6.07) is 17.3. The first-order chi connectivity index (χ1) is 18.5. The Hall–Kier alpha value is -4.00. The Morgan fingerprint density at radius 1 is 1.05 bits per heavy atom. The molecule has 0 unspecified atom stereocenters. The van der Waals surface area contributed by atoms with Crippen molar-refractivity contribution in [3.8, 4) is 11.3 Å². The Kier molecular flexibility index (Phi) is 5.35. The molecule has 1 amide bonds. The molecule has 2 aliphatic heterocycles. The first kappa shape index (κ1) is 23.1. The number of hydrogen-bond donors (Lipinski definition) is 0. The summed E-state index contributed by atoms with van der Waals surface area (Å²) in [6.45, 7) is 8.42. The Morgan fingerprint density at radius 3 is 2.66 bits per heavy atom. The number of benzene rings is 2. The van der Waals surface area contributed by atoms with Gasteiger partial charge in [-0.2, -0.15) is 5.10 Å². The van der Waals surface area contributed by atoms with Gasteiger partial charge in [0.2, 0.25) is 0 Å². The lowest BCUT2D eigenvalue weighted by Gasteiger charge is -2.35. The highest BCUT2D eigenvalue weighted by atomic mass is 19.1. The Balaban J connectivity index is 1.24. The van der Waals surface area contributed by atoms with Crippen LogP contribution in [0.4, 0.5) is 10.1 Å². The quantitative estimate of drug-likeness (QED) is 0.321. The van der Waals surface area contributed by atoms with E-state index in [1.165, 1.54) is 16.7 Å². The molecular formula is C31H30FN5O. The molecule has 1 saturated heterocycles. The van der Waals surface area contributed by atoms with Gasteiger partial charge >= 0.3 is 0 Å². The molecule has 0 N–H and O–H groups in total. The lowest BCUT2D eigenvalue weighted by Crippen LogP contribution is -2.39. The van der Waals surface area contributed by atoms with Crippen LogP contribution in [0.5, 0.6) is 0 Å². The molecule has 1 aliphatic carbocycles. The lowest BCUT2D eigenvalue weighted by molar-refractivity contribution is 0.0671. The zero-order chi connectivity index (χ0) is 26.0. The molecule has 4 heterocycles. The Labute approximate surface area is 221 Å². The van der Waals surface area contributed by atoms with Crippen LogP contribution in [-0.2, 0) is 6.42 Å². The number of amides is 1. The number of carbonyl (C=O) groups excluding carboxylic acids is 1. The fraction of sp³-hybridized carbons (Fsp3) is 0.323. The second kappa shape index (κ2) is 8.79. The maximum atomic E-state index is 15.3. The van der Waals surface area contributed by atoms with Crippen LogP contribution in [0.15, 0.2) is 66.7 Å². The van der Waals surface area contributed by atoms with Crippen LogP contribution in [-0.4, -0.2) is 45.0 Å². The number of nitrogens with zero attached hydrogens (tertiary/aromatic N) is 5. The average molecular weight is 508 g/mol. The van der Waals surface area contributed by atoms with Gasteiger partial charge in [-0.1, -0.05) is 36.4 Å². The molecule has 2 fully saturated rings. The smallest absolute Gasteiger partial charge is 0.273 e. The predicted octanol–water partition coefficient (Wildman–Crippen LogP) is 5.94. The first-order valence-electron chi connectivity index (χ1n) is 13.5. The molecular weight excluding hydrogens is 477 g/mol. The maximum Gasteiger partial charge on any atom is 0.273 e. The van der Waals surface area contributed by atoms with E-state index in [2.05, 4.69) is 36.6 Å². The van der Waals surface area contributed by atoms with Crippen molar-refractivity contribution in [1.29, 1.82) is 0 Å². The van der Waals surface area contributed by atoms with Crippen LogP contribution in [0.2, 0.25) is 0 Å². The highest BCUT2D eigenvalue weighted by Crippen LogP contribution is 2.41. The third kappa shape index (κ3) is 3.88. The SMILES string of the molecule is C=C1CCN(c2ccc(-c3cc4nc(C(=O)N5CCc6ccccc6[C@H]5C)cc(C5CC5)n4n3)c(F)c2)C1. The summed E-state index contributed by atoms with van der Waals surface area (Å²) < 4.78 is 17.1. The molecule has 4 aromatic rings. The number of anilines is 1. The number of halogens is 1. The summed E-state index contributed by atoms with van der Waals surface area (Å²) in [5, 5.41) is 4.76. The normalized spacial score (nSPS) is 19.3. The molecule has 1 atom stereocenters. The highest BCUT2D eigenvalue weighted by Gasteiger charge is 2.32. The molecule has 1 saturated carbocycles. The molecule has 2 aromatic carbocycles. The van der Waals surface area contributed by atoms with Gasteiger partial charge in [0, 0.05) is 48.6 Å². The van der Waals surface area contributed by atoms with Crippen LogP contribution in [0.3, 0.4) is 0 Å². The van der Waals surface area contributed by atoms with Gasteiger partial charge in [-0.25, -0.2) is 13.9 Å². The Morgan fingerprint density at radius 2 is 1.89 bits per heavy atom. The minimum Gasteiger partial charge on any atom is -0.367 e. The van der Waals surface area contributed by atoms with Gasteiger partial charge in [-0.05, 0) is 68.0 Å². The van der Waals surface area contributed by atoms with E-state index in [1.54, 1.807) is 22.7 Å². The van der Waals surface area contributed by atoms with Gasteiger partial charge in [-0.3, -0.25) is 4.79 Å². The van der Waals surface area contributed by atoms with E-state index in [-0.39, 0.29) is 17.8 Å². The van der Waals surface area contributed by atoms with Gasteiger partial charge in [0.05, 0.1) is 11.7 Å². The van der Waals surface area contributed by atoms with E-state index in [4.69, 9.17) is 10.1 Å². The second-order valence-electron chi connectivity index (χ2n) is 10.8. The predicted molar refractivity (Wildman–Crippen MR) is 146 cm³/mol. The van der Waals surface area contributed by atoms with Gasteiger partial charge < -0.3 is 9.80 Å².